The lowest BCUT2D eigenvalue weighted by Crippen LogP contribution is -2.35. The van der Waals surface area contributed by atoms with E-state index >= 15 is 0 Å². The van der Waals surface area contributed by atoms with Crippen molar-refractivity contribution in [1.82, 2.24) is 4.90 Å². The van der Waals surface area contributed by atoms with Gasteiger partial charge in [0.2, 0.25) is 15.9 Å². The van der Waals surface area contributed by atoms with Crippen LogP contribution in [-0.2, 0) is 26.1 Å². The van der Waals surface area contributed by atoms with Crippen molar-refractivity contribution in [2.24, 2.45) is 0 Å². The van der Waals surface area contributed by atoms with Crippen molar-refractivity contribution >= 4 is 27.7 Å². The number of hydrogen-bond acceptors (Lipinski definition) is 5. The summed E-state index contributed by atoms with van der Waals surface area (Å²) in [6, 6.07) is 14.9. The van der Waals surface area contributed by atoms with Crippen molar-refractivity contribution in [3.63, 3.8) is 0 Å². The minimum Gasteiger partial charge on any atom is -0.497 e. The molecule has 8 heteroatoms. The van der Waals surface area contributed by atoms with Gasteiger partial charge in [-0.1, -0.05) is 24.3 Å². The lowest BCUT2D eigenvalue weighted by atomic mass is 10.1. The number of carbonyl (C=O) groups is 1. The van der Waals surface area contributed by atoms with Crippen LogP contribution in [0.1, 0.15) is 30.4 Å². The summed E-state index contributed by atoms with van der Waals surface area (Å²) in [5.74, 6) is 0.851. The van der Waals surface area contributed by atoms with Crippen LogP contribution in [0.2, 0.25) is 0 Å². The second-order valence-corrected chi connectivity index (χ2v) is 10.4. The van der Waals surface area contributed by atoms with Crippen LogP contribution in [0.5, 0.6) is 5.75 Å². The van der Waals surface area contributed by atoms with Gasteiger partial charge in [-0.25, -0.2) is 8.42 Å². The summed E-state index contributed by atoms with van der Waals surface area (Å²) in [5, 5.41) is 0. The van der Waals surface area contributed by atoms with Crippen LogP contribution >= 0.6 is 0 Å². The number of amides is 1. The maximum Gasteiger partial charge on any atom is 0.246 e. The molecule has 2 aromatic carbocycles. The molecule has 1 amide bonds. The van der Waals surface area contributed by atoms with Gasteiger partial charge in [-0.15, -0.1) is 0 Å². The zero-order valence-corrected chi connectivity index (χ0v) is 19.7. The average Bonchev–Trinajstić information content (AvgIpc) is 3.46. The fourth-order valence-corrected chi connectivity index (χ4v) is 5.78. The van der Waals surface area contributed by atoms with Gasteiger partial charge in [-0.05, 0) is 60.7 Å². The molecule has 2 fully saturated rings. The number of nitrogens with zero attached hydrogens (tertiary/aromatic N) is 2. The van der Waals surface area contributed by atoms with E-state index in [0.29, 0.717) is 31.7 Å². The standard InChI is InChI=1S/C25H30N2O5S/c1-31-23-6-2-5-21(17-23)18-26(19-24-7-3-15-32-24)25(28)13-10-20-8-11-22(12-9-20)27-14-4-16-33(27,29)30/h2,5-6,8-13,17,24H,3-4,7,14-16,18-19H2,1H3/b13-10+. The Morgan fingerprint density at radius 1 is 1.21 bits per heavy atom. The van der Waals surface area contributed by atoms with Crippen molar-refractivity contribution in [1.29, 1.82) is 0 Å². The van der Waals surface area contributed by atoms with Crippen molar-refractivity contribution in [2.45, 2.75) is 31.9 Å². The van der Waals surface area contributed by atoms with Crippen LogP contribution < -0.4 is 9.04 Å². The molecule has 176 valence electrons. The second kappa shape index (κ2) is 10.4. The Hall–Kier alpha value is -2.84. The maximum absolute atomic E-state index is 13.1. The smallest absolute Gasteiger partial charge is 0.246 e. The average molecular weight is 471 g/mol. The number of carbonyl (C=O) groups excluding carboxylic acids is 1. The molecule has 2 heterocycles. The molecule has 2 aromatic rings. The number of rotatable bonds is 8. The number of hydrogen-bond donors (Lipinski definition) is 0. The molecule has 33 heavy (non-hydrogen) atoms. The van der Waals surface area contributed by atoms with Crippen molar-refractivity contribution < 1.29 is 22.7 Å². The van der Waals surface area contributed by atoms with E-state index in [-0.39, 0.29) is 17.8 Å². The number of methoxy groups -OCH3 is 1. The number of benzene rings is 2. The van der Waals surface area contributed by atoms with Gasteiger partial charge in [0, 0.05) is 32.3 Å². The minimum absolute atomic E-state index is 0.0506. The van der Waals surface area contributed by atoms with E-state index in [1.807, 2.05) is 36.4 Å². The molecule has 0 aromatic heterocycles. The van der Waals surface area contributed by atoms with Gasteiger partial charge in [-0.2, -0.15) is 0 Å². The van der Waals surface area contributed by atoms with Crippen LogP contribution in [0.25, 0.3) is 6.08 Å². The molecule has 0 bridgehead atoms. The quantitative estimate of drug-likeness (QED) is 0.553. The SMILES string of the molecule is COc1cccc(CN(CC2CCCO2)C(=O)/C=C/c2ccc(N3CCCS3(=O)=O)cc2)c1. The Balaban J connectivity index is 1.46. The molecule has 2 aliphatic heterocycles. The van der Waals surface area contributed by atoms with Crippen LogP contribution in [0.4, 0.5) is 5.69 Å². The summed E-state index contributed by atoms with van der Waals surface area (Å²) < 4.78 is 36.7. The van der Waals surface area contributed by atoms with E-state index in [4.69, 9.17) is 9.47 Å². The Labute approximate surface area is 195 Å². The summed E-state index contributed by atoms with van der Waals surface area (Å²) >= 11 is 0. The highest BCUT2D eigenvalue weighted by molar-refractivity contribution is 7.93. The first-order chi connectivity index (χ1) is 15.9. The normalized spacial score (nSPS) is 19.8. The number of ether oxygens (including phenoxy) is 2. The van der Waals surface area contributed by atoms with E-state index in [9.17, 15) is 13.2 Å². The van der Waals surface area contributed by atoms with Crippen LogP contribution in [-0.4, -0.2) is 57.9 Å². The first-order valence-electron chi connectivity index (χ1n) is 11.3. The predicted molar refractivity (Wildman–Crippen MR) is 129 cm³/mol. The third-order valence-electron chi connectivity index (χ3n) is 5.97. The highest BCUT2D eigenvalue weighted by Gasteiger charge is 2.28. The van der Waals surface area contributed by atoms with Gasteiger partial charge in [0.05, 0.1) is 24.7 Å². The second-order valence-electron chi connectivity index (χ2n) is 8.37. The molecule has 1 unspecified atom stereocenters. The molecule has 4 rings (SSSR count). The van der Waals surface area contributed by atoms with Gasteiger partial charge in [-0.3, -0.25) is 9.10 Å². The topological polar surface area (TPSA) is 76.2 Å². The predicted octanol–water partition coefficient (Wildman–Crippen LogP) is 3.46. The summed E-state index contributed by atoms with van der Waals surface area (Å²) in [5.41, 5.74) is 2.49. The molecular formula is C25H30N2O5S. The van der Waals surface area contributed by atoms with Crippen molar-refractivity contribution in [2.75, 3.05) is 36.9 Å². The Morgan fingerprint density at radius 2 is 2.03 bits per heavy atom. The van der Waals surface area contributed by atoms with E-state index < -0.39 is 10.0 Å². The molecule has 0 radical (unpaired) electrons. The summed E-state index contributed by atoms with van der Waals surface area (Å²) in [7, 11) is -1.58. The largest absolute Gasteiger partial charge is 0.497 e. The molecule has 7 nitrogen and oxygen atoms in total. The molecular weight excluding hydrogens is 440 g/mol. The molecule has 0 N–H and O–H groups in total. The molecule has 0 saturated carbocycles. The fraction of sp³-hybridized carbons (Fsp3) is 0.400. The van der Waals surface area contributed by atoms with Gasteiger partial charge >= 0.3 is 0 Å². The summed E-state index contributed by atoms with van der Waals surface area (Å²) in [6.45, 7) is 2.25. The highest BCUT2D eigenvalue weighted by atomic mass is 32.2. The summed E-state index contributed by atoms with van der Waals surface area (Å²) in [4.78, 5) is 14.9. The summed E-state index contributed by atoms with van der Waals surface area (Å²) in [6.07, 6.45) is 5.99. The minimum atomic E-state index is -3.20. The van der Waals surface area contributed by atoms with Gasteiger partial charge in [0.15, 0.2) is 0 Å². The van der Waals surface area contributed by atoms with E-state index in [2.05, 4.69) is 0 Å². The zero-order chi connectivity index (χ0) is 23.3. The Morgan fingerprint density at radius 3 is 2.70 bits per heavy atom. The van der Waals surface area contributed by atoms with Crippen molar-refractivity contribution in [3.8, 4) is 5.75 Å². The fourth-order valence-electron chi connectivity index (χ4n) is 4.21. The first kappa shape index (κ1) is 23.3. The molecule has 0 spiro atoms. The Kier molecular flexibility index (Phi) is 7.35. The monoisotopic (exact) mass is 470 g/mol. The number of sulfonamides is 1. The van der Waals surface area contributed by atoms with Crippen molar-refractivity contribution in [3.05, 3.63) is 65.7 Å². The van der Waals surface area contributed by atoms with E-state index in [1.165, 1.54) is 4.31 Å². The molecule has 2 saturated heterocycles. The highest BCUT2D eigenvalue weighted by Crippen LogP contribution is 2.24. The van der Waals surface area contributed by atoms with Crippen LogP contribution in [0.15, 0.2) is 54.6 Å². The zero-order valence-electron chi connectivity index (χ0n) is 18.9. The maximum atomic E-state index is 13.1. The lowest BCUT2D eigenvalue weighted by molar-refractivity contribution is -0.128. The van der Waals surface area contributed by atoms with E-state index in [0.717, 1.165) is 36.3 Å². The van der Waals surface area contributed by atoms with Crippen LogP contribution in [0, 0.1) is 0 Å². The number of anilines is 1. The van der Waals surface area contributed by atoms with Gasteiger partial charge in [0.25, 0.3) is 0 Å². The van der Waals surface area contributed by atoms with E-state index in [1.54, 1.807) is 36.3 Å². The first-order valence-corrected chi connectivity index (χ1v) is 12.9. The van der Waals surface area contributed by atoms with Crippen LogP contribution in [0.3, 0.4) is 0 Å². The lowest BCUT2D eigenvalue weighted by Gasteiger charge is -2.24. The third kappa shape index (κ3) is 5.94. The Bertz CT molecular complexity index is 1090. The molecule has 1 atom stereocenters. The van der Waals surface area contributed by atoms with Gasteiger partial charge in [0.1, 0.15) is 5.75 Å². The van der Waals surface area contributed by atoms with Gasteiger partial charge < -0.3 is 14.4 Å². The molecule has 0 aliphatic carbocycles. The molecule has 2 aliphatic rings. The third-order valence-corrected chi connectivity index (χ3v) is 7.84.